The summed E-state index contributed by atoms with van der Waals surface area (Å²) >= 11 is 0. The molecule has 0 amide bonds. The molecule has 3 saturated carbocycles. The normalized spacial score (nSPS) is 45.1. The minimum absolute atomic E-state index is 0.184. The molecule has 0 aromatic carbocycles. The molecule has 2 heteroatoms. The van der Waals surface area contributed by atoms with E-state index in [9.17, 15) is 4.79 Å². The van der Waals surface area contributed by atoms with Crippen molar-refractivity contribution in [1.82, 2.24) is 0 Å². The van der Waals surface area contributed by atoms with E-state index in [0.717, 1.165) is 24.2 Å². The Morgan fingerprint density at radius 1 is 1.00 bits per heavy atom. The molecule has 0 radical (unpaired) electrons. The number of carbonyl (C=O) groups excluding carboxylic acids is 1. The molecule has 2 nitrogen and oxygen atoms in total. The van der Waals surface area contributed by atoms with Gasteiger partial charge in [-0.3, -0.25) is 0 Å². The second kappa shape index (κ2) is 6.37. The summed E-state index contributed by atoms with van der Waals surface area (Å²) in [4.78, 5) is 12.1. The monoisotopic (exact) mass is 304 g/mol. The van der Waals surface area contributed by atoms with E-state index >= 15 is 0 Å². The number of hydrogen-bond donors (Lipinski definition) is 0. The van der Waals surface area contributed by atoms with Gasteiger partial charge in [0.2, 0.25) is 0 Å². The minimum atomic E-state index is -0.199. The lowest BCUT2D eigenvalue weighted by Gasteiger charge is -2.54. The van der Waals surface area contributed by atoms with Gasteiger partial charge < -0.3 is 4.74 Å². The van der Waals surface area contributed by atoms with Gasteiger partial charge in [-0.2, -0.15) is 0 Å². The maximum absolute atomic E-state index is 12.1. The molecule has 0 saturated heterocycles. The number of ether oxygens (including phenoxy) is 1. The van der Waals surface area contributed by atoms with Crippen LogP contribution >= 0.6 is 0 Å². The largest absolute Gasteiger partial charge is 0.455 e. The van der Waals surface area contributed by atoms with Crippen molar-refractivity contribution >= 4 is 5.97 Å². The van der Waals surface area contributed by atoms with Crippen LogP contribution in [0.3, 0.4) is 0 Å². The van der Waals surface area contributed by atoms with Gasteiger partial charge in [0.15, 0.2) is 0 Å². The Bertz CT molecular complexity index is 419. The maximum Gasteiger partial charge on any atom is 0.330 e. The molecule has 2 bridgehead atoms. The summed E-state index contributed by atoms with van der Waals surface area (Å²) in [5, 5.41) is 0. The summed E-state index contributed by atoms with van der Waals surface area (Å²) in [5.41, 5.74) is -0.184. The molecule has 0 spiro atoms. The average molecular weight is 304 g/mol. The third kappa shape index (κ3) is 2.98. The summed E-state index contributed by atoms with van der Waals surface area (Å²) in [6, 6.07) is 0. The van der Waals surface area contributed by atoms with Crippen LogP contribution in [-0.2, 0) is 9.53 Å². The molecule has 22 heavy (non-hydrogen) atoms. The van der Waals surface area contributed by atoms with Gasteiger partial charge in [-0.1, -0.05) is 33.3 Å². The van der Waals surface area contributed by atoms with E-state index in [-0.39, 0.29) is 11.6 Å². The van der Waals surface area contributed by atoms with Crippen LogP contribution in [-0.4, -0.2) is 11.6 Å². The van der Waals surface area contributed by atoms with Crippen molar-refractivity contribution in [3.05, 3.63) is 12.7 Å². The van der Waals surface area contributed by atoms with Crippen LogP contribution in [0.15, 0.2) is 12.7 Å². The zero-order chi connectivity index (χ0) is 15.7. The van der Waals surface area contributed by atoms with Crippen molar-refractivity contribution in [1.29, 1.82) is 0 Å². The van der Waals surface area contributed by atoms with Crippen molar-refractivity contribution in [2.75, 3.05) is 0 Å². The fourth-order valence-corrected chi connectivity index (χ4v) is 5.75. The summed E-state index contributed by atoms with van der Waals surface area (Å²) in [5.74, 6) is 3.45. The summed E-state index contributed by atoms with van der Waals surface area (Å²) < 4.78 is 6.18. The molecular formula is C20H32O2. The van der Waals surface area contributed by atoms with Crippen LogP contribution < -0.4 is 0 Å². The first kappa shape index (κ1) is 16.1. The zero-order valence-electron chi connectivity index (χ0n) is 14.4. The predicted octanol–water partition coefficient (Wildman–Crippen LogP) is 5.13. The molecular weight excluding hydrogens is 272 g/mol. The molecule has 4 atom stereocenters. The van der Waals surface area contributed by atoms with Gasteiger partial charge in [-0.25, -0.2) is 4.79 Å². The Morgan fingerprint density at radius 3 is 2.41 bits per heavy atom. The molecule has 3 fully saturated rings. The number of carbonyl (C=O) groups is 1. The summed E-state index contributed by atoms with van der Waals surface area (Å²) in [7, 11) is 0. The Morgan fingerprint density at radius 2 is 1.73 bits per heavy atom. The molecule has 0 aliphatic heterocycles. The van der Waals surface area contributed by atoms with Crippen molar-refractivity contribution in [3.8, 4) is 0 Å². The van der Waals surface area contributed by atoms with Gasteiger partial charge >= 0.3 is 5.97 Å². The fourth-order valence-electron chi connectivity index (χ4n) is 5.75. The quantitative estimate of drug-likeness (QED) is 0.534. The van der Waals surface area contributed by atoms with Gasteiger partial charge in [0.1, 0.15) is 5.60 Å². The number of esters is 1. The number of fused-ring (bicyclic) bond motifs is 2. The van der Waals surface area contributed by atoms with Crippen LogP contribution in [0.25, 0.3) is 0 Å². The molecule has 3 aliphatic rings. The van der Waals surface area contributed by atoms with Crippen molar-refractivity contribution < 1.29 is 9.53 Å². The van der Waals surface area contributed by atoms with E-state index in [1.165, 1.54) is 57.4 Å². The molecule has 124 valence electrons. The van der Waals surface area contributed by atoms with Gasteiger partial charge in [0, 0.05) is 6.08 Å². The standard InChI is InChI=1S/C20H32O2/c1-4-19(21)22-20(17-7-5-14(2)6-8-17)10-9-16-11-15(3)12-18(20)13-16/h4,14-18H,1,5-13H2,2-3H3. The highest BCUT2D eigenvalue weighted by Gasteiger charge is 2.53. The van der Waals surface area contributed by atoms with E-state index < -0.39 is 0 Å². The average Bonchev–Trinajstić information content (AvgIpc) is 2.50. The van der Waals surface area contributed by atoms with Crippen molar-refractivity contribution in [2.24, 2.45) is 29.6 Å². The van der Waals surface area contributed by atoms with Crippen molar-refractivity contribution in [2.45, 2.75) is 77.2 Å². The third-order valence-corrected chi connectivity index (χ3v) is 6.84. The van der Waals surface area contributed by atoms with E-state index in [2.05, 4.69) is 20.4 Å². The molecule has 3 aliphatic carbocycles. The Labute approximate surface area is 135 Å². The van der Waals surface area contributed by atoms with Crippen LogP contribution in [0.5, 0.6) is 0 Å². The van der Waals surface area contributed by atoms with Crippen LogP contribution in [0.1, 0.15) is 71.6 Å². The first-order chi connectivity index (χ1) is 10.5. The molecule has 4 unspecified atom stereocenters. The maximum atomic E-state index is 12.1. The van der Waals surface area contributed by atoms with Gasteiger partial charge in [-0.05, 0) is 74.5 Å². The lowest BCUT2D eigenvalue weighted by molar-refractivity contribution is -0.188. The molecule has 0 N–H and O–H groups in total. The smallest absolute Gasteiger partial charge is 0.330 e. The second-order valence-corrected chi connectivity index (χ2v) is 8.45. The highest BCUT2D eigenvalue weighted by Crippen LogP contribution is 2.55. The van der Waals surface area contributed by atoms with Gasteiger partial charge in [-0.15, -0.1) is 0 Å². The topological polar surface area (TPSA) is 26.3 Å². The second-order valence-electron chi connectivity index (χ2n) is 8.45. The lowest BCUT2D eigenvalue weighted by atomic mass is 9.56. The van der Waals surface area contributed by atoms with Crippen LogP contribution in [0.2, 0.25) is 0 Å². The van der Waals surface area contributed by atoms with Crippen molar-refractivity contribution in [3.63, 3.8) is 0 Å². The predicted molar refractivity (Wildman–Crippen MR) is 89.4 cm³/mol. The van der Waals surface area contributed by atoms with Gasteiger partial charge in [0.05, 0.1) is 0 Å². The molecule has 3 rings (SSSR count). The van der Waals surface area contributed by atoms with E-state index in [1.54, 1.807) is 0 Å². The van der Waals surface area contributed by atoms with Crippen LogP contribution in [0, 0.1) is 29.6 Å². The lowest BCUT2D eigenvalue weighted by Crippen LogP contribution is -2.54. The third-order valence-electron chi connectivity index (χ3n) is 6.84. The van der Waals surface area contributed by atoms with Gasteiger partial charge in [0.25, 0.3) is 0 Å². The van der Waals surface area contributed by atoms with Crippen LogP contribution in [0.4, 0.5) is 0 Å². The zero-order valence-corrected chi connectivity index (χ0v) is 14.4. The first-order valence-corrected chi connectivity index (χ1v) is 9.39. The molecule has 0 aromatic heterocycles. The van der Waals surface area contributed by atoms with E-state index in [0.29, 0.717) is 11.8 Å². The molecule has 0 aromatic rings. The highest BCUT2D eigenvalue weighted by atomic mass is 16.6. The van der Waals surface area contributed by atoms with E-state index in [4.69, 9.17) is 4.74 Å². The highest BCUT2D eigenvalue weighted by molar-refractivity contribution is 5.81. The van der Waals surface area contributed by atoms with E-state index in [1.807, 2.05) is 0 Å². The minimum Gasteiger partial charge on any atom is -0.455 e. The Balaban J connectivity index is 1.85. The number of rotatable bonds is 3. The molecule has 0 heterocycles. The fraction of sp³-hybridized carbons (Fsp3) is 0.850. The first-order valence-electron chi connectivity index (χ1n) is 9.39. The summed E-state index contributed by atoms with van der Waals surface area (Å²) in [6.45, 7) is 8.38. The SMILES string of the molecule is C=CC(=O)OC1(C2CCC(C)CC2)CCC2CC(C)CC1C2. The Kier molecular flexibility index (Phi) is 4.66. The summed E-state index contributed by atoms with van der Waals surface area (Å²) in [6.07, 6.45) is 12.7. The Hall–Kier alpha value is -0.790. The number of hydrogen-bond acceptors (Lipinski definition) is 2.